The summed E-state index contributed by atoms with van der Waals surface area (Å²) in [7, 11) is 0. The van der Waals surface area contributed by atoms with Gasteiger partial charge < -0.3 is 5.32 Å². The second-order valence-electron chi connectivity index (χ2n) is 6.68. The first-order valence-corrected chi connectivity index (χ1v) is 8.45. The monoisotopic (exact) mass is 327 g/mol. The van der Waals surface area contributed by atoms with Crippen molar-refractivity contribution in [3.63, 3.8) is 0 Å². The molecule has 4 nitrogen and oxygen atoms in total. The standard InChI is InChI=1S/C18H18ClN3O/c1-2-3-8-18(21-22-18)9-7-15(23)20-17-13-10-12-11(16(13)17)5-4-6-14(12)19/h1,4-6,13,16-17H,3,7-10H2,(H,20,23). The Hall–Kier alpha value is -1.86. The maximum atomic E-state index is 12.2. The highest BCUT2D eigenvalue weighted by molar-refractivity contribution is 6.31. The fourth-order valence-corrected chi connectivity index (χ4v) is 4.09. The maximum absolute atomic E-state index is 12.2. The number of nitrogens with zero attached hydrogens (tertiary/aromatic N) is 2. The third kappa shape index (κ3) is 2.64. The minimum absolute atomic E-state index is 0.0883. The lowest BCUT2D eigenvalue weighted by molar-refractivity contribution is -0.121. The van der Waals surface area contributed by atoms with E-state index in [4.69, 9.17) is 18.0 Å². The summed E-state index contributed by atoms with van der Waals surface area (Å²) in [5.41, 5.74) is 2.20. The van der Waals surface area contributed by atoms with Crippen molar-refractivity contribution in [2.45, 2.75) is 49.7 Å². The highest BCUT2D eigenvalue weighted by Crippen LogP contribution is 2.57. The van der Waals surface area contributed by atoms with E-state index in [1.54, 1.807) is 0 Å². The molecule has 3 atom stereocenters. The third-order valence-corrected chi connectivity index (χ3v) is 5.61. The van der Waals surface area contributed by atoms with Crippen LogP contribution in [0.3, 0.4) is 0 Å². The molecule has 1 aromatic carbocycles. The number of halogens is 1. The number of fused-ring (bicyclic) bond motifs is 3. The number of carbonyl (C=O) groups excluding carboxylic acids is 1. The maximum Gasteiger partial charge on any atom is 0.220 e. The summed E-state index contributed by atoms with van der Waals surface area (Å²) in [6.07, 6.45) is 8.76. The van der Waals surface area contributed by atoms with Crippen molar-refractivity contribution in [2.24, 2.45) is 16.1 Å². The Labute approximate surface area is 140 Å². The summed E-state index contributed by atoms with van der Waals surface area (Å²) in [6, 6.07) is 6.33. The topological polar surface area (TPSA) is 53.8 Å². The molecule has 1 heterocycles. The summed E-state index contributed by atoms with van der Waals surface area (Å²) >= 11 is 6.24. The second kappa shape index (κ2) is 5.35. The normalized spacial score (nSPS) is 27.7. The van der Waals surface area contributed by atoms with Gasteiger partial charge in [0.05, 0.1) is 0 Å². The van der Waals surface area contributed by atoms with Crippen LogP contribution in [-0.4, -0.2) is 17.6 Å². The first kappa shape index (κ1) is 14.7. The van der Waals surface area contributed by atoms with E-state index in [1.807, 2.05) is 12.1 Å². The van der Waals surface area contributed by atoms with E-state index in [-0.39, 0.29) is 17.6 Å². The number of hydrogen-bond donors (Lipinski definition) is 1. The van der Waals surface area contributed by atoms with Crippen LogP contribution in [0.2, 0.25) is 5.02 Å². The molecule has 3 aliphatic rings. The molecule has 0 radical (unpaired) electrons. The summed E-state index contributed by atoms with van der Waals surface area (Å²) in [6.45, 7) is 0. The fourth-order valence-electron chi connectivity index (χ4n) is 3.83. The van der Waals surface area contributed by atoms with Gasteiger partial charge >= 0.3 is 0 Å². The van der Waals surface area contributed by atoms with Crippen LogP contribution in [0.1, 0.15) is 42.7 Å². The van der Waals surface area contributed by atoms with Crippen LogP contribution in [0.5, 0.6) is 0 Å². The smallest absolute Gasteiger partial charge is 0.220 e. The molecule has 5 heteroatoms. The summed E-state index contributed by atoms with van der Waals surface area (Å²) in [4.78, 5) is 12.2. The van der Waals surface area contributed by atoms with Gasteiger partial charge in [-0.1, -0.05) is 23.7 Å². The van der Waals surface area contributed by atoms with Gasteiger partial charge in [0.15, 0.2) is 5.66 Å². The van der Waals surface area contributed by atoms with Gasteiger partial charge in [0.1, 0.15) is 0 Å². The molecule has 3 unspecified atom stereocenters. The second-order valence-corrected chi connectivity index (χ2v) is 7.09. The van der Waals surface area contributed by atoms with E-state index >= 15 is 0 Å². The Kier molecular flexibility index (Phi) is 3.42. The van der Waals surface area contributed by atoms with E-state index in [9.17, 15) is 4.79 Å². The quantitative estimate of drug-likeness (QED) is 0.799. The Bertz CT molecular complexity index is 730. The van der Waals surface area contributed by atoms with Gasteiger partial charge in [-0.15, -0.1) is 12.3 Å². The fraction of sp³-hybridized carbons (Fsp3) is 0.500. The Morgan fingerprint density at radius 3 is 3.00 bits per heavy atom. The van der Waals surface area contributed by atoms with Crippen molar-refractivity contribution < 1.29 is 4.79 Å². The first-order chi connectivity index (χ1) is 11.1. The number of benzene rings is 1. The molecule has 0 spiro atoms. The number of rotatable bonds is 6. The summed E-state index contributed by atoms with van der Waals surface area (Å²) in [5.74, 6) is 3.65. The average molecular weight is 328 g/mol. The van der Waals surface area contributed by atoms with E-state index in [1.165, 1.54) is 11.1 Å². The van der Waals surface area contributed by atoms with Crippen molar-refractivity contribution in [2.75, 3.05) is 0 Å². The molecule has 1 fully saturated rings. The molecule has 0 saturated heterocycles. The van der Waals surface area contributed by atoms with E-state index in [0.717, 1.165) is 17.9 Å². The van der Waals surface area contributed by atoms with Gasteiger partial charge in [0.25, 0.3) is 0 Å². The largest absolute Gasteiger partial charge is 0.352 e. The Morgan fingerprint density at radius 2 is 2.26 bits per heavy atom. The number of hydrogen-bond acceptors (Lipinski definition) is 3. The van der Waals surface area contributed by atoms with Crippen molar-refractivity contribution in [3.05, 3.63) is 34.3 Å². The zero-order chi connectivity index (χ0) is 16.0. The number of nitrogens with one attached hydrogen (secondary N) is 1. The molecule has 1 aromatic rings. The van der Waals surface area contributed by atoms with Gasteiger partial charge in [-0.05, 0) is 29.5 Å². The zero-order valence-electron chi connectivity index (χ0n) is 12.8. The van der Waals surface area contributed by atoms with Crippen molar-refractivity contribution in [1.82, 2.24) is 5.32 Å². The van der Waals surface area contributed by atoms with Crippen molar-refractivity contribution in [1.29, 1.82) is 0 Å². The summed E-state index contributed by atoms with van der Waals surface area (Å²) in [5, 5.41) is 12.2. The molecule has 1 N–H and O–H groups in total. The molecule has 118 valence electrons. The van der Waals surface area contributed by atoms with Crippen molar-refractivity contribution in [3.8, 4) is 12.3 Å². The SMILES string of the molecule is C#CCCC1(CCC(=O)NC2C3Cc4c(Cl)cccc4C32)N=N1. The Morgan fingerprint density at radius 1 is 1.43 bits per heavy atom. The van der Waals surface area contributed by atoms with Gasteiger partial charge in [-0.25, -0.2) is 0 Å². The molecule has 0 bridgehead atoms. The summed E-state index contributed by atoms with van der Waals surface area (Å²) < 4.78 is 0. The van der Waals surface area contributed by atoms with Crippen LogP contribution >= 0.6 is 11.6 Å². The molecule has 1 aliphatic heterocycles. The molecule has 23 heavy (non-hydrogen) atoms. The lowest BCUT2D eigenvalue weighted by Gasteiger charge is -2.12. The van der Waals surface area contributed by atoms with Crippen molar-refractivity contribution >= 4 is 17.5 Å². The molecule has 1 amide bonds. The highest BCUT2D eigenvalue weighted by Gasteiger charge is 2.56. The highest BCUT2D eigenvalue weighted by atomic mass is 35.5. The number of terminal acetylenes is 1. The van der Waals surface area contributed by atoms with Crippen LogP contribution < -0.4 is 5.32 Å². The van der Waals surface area contributed by atoms with E-state index in [2.05, 4.69) is 27.5 Å². The van der Waals surface area contributed by atoms with E-state index < -0.39 is 0 Å². The predicted octanol–water partition coefficient (Wildman–Crippen LogP) is 3.45. The zero-order valence-corrected chi connectivity index (χ0v) is 13.5. The molecule has 0 aromatic heterocycles. The molecule has 1 saturated carbocycles. The number of carbonyl (C=O) groups is 1. The van der Waals surface area contributed by atoms with Gasteiger partial charge in [-0.3, -0.25) is 4.79 Å². The Balaban J connectivity index is 1.28. The minimum Gasteiger partial charge on any atom is -0.352 e. The lowest BCUT2D eigenvalue weighted by Crippen LogP contribution is -2.29. The van der Waals surface area contributed by atoms with Gasteiger partial charge in [0, 0.05) is 42.7 Å². The average Bonchev–Trinajstić information content (AvgIpc) is 3.41. The van der Waals surface area contributed by atoms with Crippen LogP contribution in [0.15, 0.2) is 28.4 Å². The van der Waals surface area contributed by atoms with Gasteiger partial charge in [-0.2, -0.15) is 10.2 Å². The third-order valence-electron chi connectivity index (χ3n) is 5.26. The van der Waals surface area contributed by atoms with Crippen LogP contribution in [0, 0.1) is 18.3 Å². The molecular weight excluding hydrogens is 310 g/mol. The molecular formula is C18H18ClN3O. The predicted molar refractivity (Wildman–Crippen MR) is 88.2 cm³/mol. The minimum atomic E-state index is -0.372. The first-order valence-electron chi connectivity index (χ1n) is 8.08. The van der Waals surface area contributed by atoms with Gasteiger partial charge in [0.2, 0.25) is 5.91 Å². The molecule has 2 aliphatic carbocycles. The molecule has 4 rings (SSSR count). The lowest BCUT2D eigenvalue weighted by atomic mass is 10.0. The van der Waals surface area contributed by atoms with Crippen LogP contribution in [0.25, 0.3) is 0 Å². The van der Waals surface area contributed by atoms with Crippen LogP contribution in [-0.2, 0) is 11.2 Å². The number of amides is 1. The van der Waals surface area contributed by atoms with E-state index in [0.29, 0.717) is 31.1 Å². The van der Waals surface area contributed by atoms with Crippen LogP contribution in [0.4, 0.5) is 0 Å².